The molecule has 2 aromatic heterocycles. The Bertz CT molecular complexity index is 586. The lowest BCUT2D eigenvalue weighted by atomic mass is 10.0. The van der Waals surface area contributed by atoms with Crippen LogP contribution in [-0.2, 0) is 6.54 Å². The first-order valence-electron chi connectivity index (χ1n) is 7.65. The summed E-state index contributed by atoms with van der Waals surface area (Å²) in [5.74, 6) is 0. The van der Waals surface area contributed by atoms with Crippen molar-refractivity contribution in [3.8, 4) is 9.88 Å². The highest BCUT2D eigenvalue weighted by Crippen LogP contribution is 2.28. The van der Waals surface area contributed by atoms with Crippen molar-refractivity contribution >= 4 is 22.7 Å². The zero-order chi connectivity index (χ0) is 15.6. The first kappa shape index (κ1) is 16.1. The Morgan fingerprint density at radius 1 is 1.23 bits per heavy atom. The molecule has 3 heterocycles. The van der Waals surface area contributed by atoms with Crippen LogP contribution >= 0.6 is 22.7 Å². The van der Waals surface area contributed by atoms with Gasteiger partial charge >= 0.3 is 0 Å². The number of aromatic nitrogens is 1. The van der Waals surface area contributed by atoms with Crippen molar-refractivity contribution in [1.29, 1.82) is 0 Å². The molecule has 3 rings (SSSR count). The summed E-state index contributed by atoms with van der Waals surface area (Å²) in [4.78, 5) is 10.9. The summed E-state index contributed by atoms with van der Waals surface area (Å²) >= 11 is 3.48. The van der Waals surface area contributed by atoms with Crippen LogP contribution in [0.2, 0.25) is 0 Å². The minimum Gasteiger partial charge on any atom is -0.394 e. The summed E-state index contributed by atoms with van der Waals surface area (Å²) in [5.41, 5.74) is 1.06. The number of piperazine rings is 1. The molecule has 120 valence electrons. The largest absolute Gasteiger partial charge is 0.394 e. The number of nitrogens with zero attached hydrogens (tertiary/aromatic N) is 3. The summed E-state index contributed by atoms with van der Waals surface area (Å²) in [5, 5.41) is 14.9. The first-order chi connectivity index (χ1) is 10.6. The number of aliphatic hydroxyl groups is 1. The van der Waals surface area contributed by atoms with Crippen molar-refractivity contribution in [2.24, 2.45) is 0 Å². The molecule has 0 aromatic carbocycles. The van der Waals surface area contributed by atoms with Gasteiger partial charge in [0.1, 0.15) is 5.01 Å². The summed E-state index contributed by atoms with van der Waals surface area (Å²) in [6, 6.07) is 4.20. The van der Waals surface area contributed by atoms with Crippen LogP contribution in [-0.4, -0.2) is 58.2 Å². The zero-order valence-corrected chi connectivity index (χ0v) is 14.8. The second-order valence-electron chi connectivity index (χ2n) is 6.36. The predicted octanol–water partition coefficient (Wildman–Crippen LogP) is 2.76. The third-order valence-corrected chi connectivity index (χ3v) is 6.21. The Hall–Kier alpha value is -0.790. The molecule has 22 heavy (non-hydrogen) atoms. The van der Waals surface area contributed by atoms with Crippen molar-refractivity contribution in [3.63, 3.8) is 0 Å². The number of thiophene rings is 1. The average Bonchev–Trinajstić information content (AvgIpc) is 3.18. The van der Waals surface area contributed by atoms with Gasteiger partial charge in [-0.3, -0.25) is 9.80 Å². The lowest BCUT2D eigenvalue weighted by Crippen LogP contribution is -2.55. The molecule has 1 aliphatic heterocycles. The quantitative estimate of drug-likeness (QED) is 0.911. The van der Waals surface area contributed by atoms with E-state index < -0.39 is 0 Å². The van der Waals surface area contributed by atoms with Crippen LogP contribution in [0, 0.1) is 0 Å². The average molecular weight is 338 g/mol. The maximum absolute atomic E-state index is 9.48. The molecule has 0 amide bonds. The molecule has 6 heteroatoms. The van der Waals surface area contributed by atoms with E-state index in [-0.39, 0.29) is 12.1 Å². The highest BCUT2D eigenvalue weighted by atomic mass is 32.1. The number of hydrogen-bond donors (Lipinski definition) is 1. The van der Waals surface area contributed by atoms with Gasteiger partial charge in [-0.1, -0.05) is 6.07 Å². The highest BCUT2D eigenvalue weighted by molar-refractivity contribution is 7.20. The maximum atomic E-state index is 9.48. The molecule has 0 spiro atoms. The Labute approximate surface area is 140 Å². The van der Waals surface area contributed by atoms with E-state index >= 15 is 0 Å². The fourth-order valence-corrected chi connectivity index (χ4v) is 4.36. The van der Waals surface area contributed by atoms with Crippen LogP contribution in [0.4, 0.5) is 0 Å². The van der Waals surface area contributed by atoms with E-state index in [1.54, 1.807) is 22.7 Å². The first-order valence-corrected chi connectivity index (χ1v) is 9.41. The van der Waals surface area contributed by atoms with Crippen molar-refractivity contribution in [1.82, 2.24) is 14.8 Å². The summed E-state index contributed by atoms with van der Waals surface area (Å²) < 4.78 is 0. The van der Waals surface area contributed by atoms with E-state index in [0.717, 1.165) is 37.7 Å². The Morgan fingerprint density at radius 3 is 2.64 bits per heavy atom. The zero-order valence-electron chi connectivity index (χ0n) is 13.2. The fraction of sp³-hybridized carbons (Fsp3) is 0.562. The van der Waals surface area contributed by atoms with Crippen molar-refractivity contribution in [3.05, 3.63) is 28.6 Å². The van der Waals surface area contributed by atoms with E-state index in [1.807, 2.05) is 0 Å². The highest BCUT2D eigenvalue weighted by Gasteiger charge is 2.29. The van der Waals surface area contributed by atoms with E-state index in [9.17, 15) is 5.11 Å². The van der Waals surface area contributed by atoms with Crippen molar-refractivity contribution < 1.29 is 5.11 Å². The number of hydrogen-bond acceptors (Lipinski definition) is 6. The van der Waals surface area contributed by atoms with Crippen LogP contribution in [0.25, 0.3) is 9.88 Å². The molecule has 0 unspecified atom stereocenters. The molecular formula is C16H23N3OS2. The molecule has 1 aliphatic rings. The lowest BCUT2D eigenvalue weighted by molar-refractivity contribution is 0.0146. The summed E-state index contributed by atoms with van der Waals surface area (Å²) in [6.07, 6.45) is 0. The van der Waals surface area contributed by atoms with Gasteiger partial charge in [0, 0.05) is 43.6 Å². The molecule has 1 fully saturated rings. The second-order valence-corrected chi connectivity index (χ2v) is 8.16. The number of aliphatic hydroxyl groups excluding tert-OH is 1. The van der Waals surface area contributed by atoms with Gasteiger partial charge in [0.2, 0.25) is 0 Å². The second kappa shape index (κ2) is 6.76. The SMILES string of the molecule is CC(C)(CO)N1CCN(Cc2csc(-c3cccs3)n2)CC1. The van der Waals surface area contributed by atoms with E-state index in [4.69, 9.17) is 4.98 Å². The van der Waals surface area contributed by atoms with Gasteiger partial charge in [0.25, 0.3) is 0 Å². The molecule has 4 nitrogen and oxygen atoms in total. The molecule has 0 saturated carbocycles. The Kier molecular flexibility index (Phi) is 4.94. The van der Waals surface area contributed by atoms with Gasteiger partial charge in [-0.25, -0.2) is 4.98 Å². The van der Waals surface area contributed by atoms with Crippen LogP contribution in [0.5, 0.6) is 0 Å². The van der Waals surface area contributed by atoms with E-state index in [1.165, 1.54) is 10.6 Å². The molecule has 0 aliphatic carbocycles. The van der Waals surface area contributed by atoms with Gasteiger partial charge in [0.05, 0.1) is 17.2 Å². The Morgan fingerprint density at radius 2 is 2.00 bits per heavy atom. The lowest BCUT2D eigenvalue weighted by Gasteiger charge is -2.43. The summed E-state index contributed by atoms with van der Waals surface area (Å²) in [7, 11) is 0. The normalized spacial score (nSPS) is 18.0. The topological polar surface area (TPSA) is 39.6 Å². The van der Waals surface area contributed by atoms with Crippen LogP contribution in [0.3, 0.4) is 0 Å². The smallest absolute Gasteiger partial charge is 0.133 e. The van der Waals surface area contributed by atoms with Crippen LogP contribution < -0.4 is 0 Å². The molecule has 2 aromatic rings. The van der Waals surface area contributed by atoms with E-state index in [2.05, 4.69) is 46.5 Å². The Balaban J connectivity index is 1.55. The molecule has 0 atom stereocenters. The number of thiazole rings is 1. The standard InChI is InChI=1S/C16H23N3OS2/c1-16(2,12-20)19-7-5-18(6-8-19)10-13-11-22-15(17-13)14-4-3-9-21-14/h3-4,9,11,20H,5-8,10,12H2,1-2H3. The van der Waals surface area contributed by atoms with Gasteiger partial charge < -0.3 is 5.11 Å². The van der Waals surface area contributed by atoms with Gasteiger partial charge in [0.15, 0.2) is 0 Å². The summed E-state index contributed by atoms with van der Waals surface area (Å²) in [6.45, 7) is 9.45. The molecule has 0 bridgehead atoms. The molecule has 1 N–H and O–H groups in total. The van der Waals surface area contributed by atoms with Crippen molar-refractivity contribution in [2.45, 2.75) is 25.9 Å². The van der Waals surface area contributed by atoms with Crippen LogP contribution in [0.1, 0.15) is 19.5 Å². The molecule has 0 radical (unpaired) electrons. The van der Waals surface area contributed by atoms with Crippen molar-refractivity contribution in [2.75, 3.05) is 32.8 Å². The minimum atomic E-state index is -0.112. The van der Waals surface area contributed by atoms with Gasteiger partial charge in [-0.15, -0.1) is 22.7 Å². The van der Waals surface area contributed by atoms with Gasteiger partial charge in [-0.2, -0.15) is 0 Å². The number of rotatable bonds is 5. The maximum Gasteiger partial charge on any atom is 0.133 e. The molecule has 1 saturated heterocycles. The fourth-order valence-electron chi connectivity index (χ4n) is 2.73. The predicted molar refractivity (Wildman–Crippen MR) is 93.4 cm³/mol. The van der Waals surface area contributed by atoms with E-state index in [0.29, 0.717) is 0 Å². The van der Waals surface area contributed by atoms with Crippen LogP contribution in [0.15, 0.2) is 22.9 Å². The van der Waals surface area contributed by atoms with Gasteiger partial charge in [-0.05, 0) is 25.3 Å². The minimum absolute atomic E-state index is 0.112. The third kappa shape index (κ3) is 3.58. The third-order valence-electron chi connectivity index (χ3n) is 4.28. The monoisotopic (exact) mass is 337 g/mol. The molecular weight excluding hydrogens is 314 g/mol.